The highest BCUT2D eigenvalue weighted by molar-refractivity contribution is 5.81. The number of amides is 1. The largest absolute Gasteiger partial charge is 0.481 e. The molecule has 0 radical (unpaired) electrons. The topological polar surface area (TPSA) is 64.3 Å². The predicted molar refractivity (Wildman–Crippen MR) is 86.3 cm³/mol. The minimum atomic E-state index is -0.555. The van der Waals surface area contributed by atoms with Gasteiger partial charge in [-0.3, -0.25) is 4.79 Å². The lowest BCUT2D eigenvalue weighted by Crippen LogP contribution is -2.48. The van der Waals surface area contributed by atoms with E-state index >= 15 is 0 Å². The number of nitrogens with two attached hydrogens (primary N) is 1. The predicted octanol–water partition coefficient (Wildman–Crippen LogP) is 3.17. The highest BCUT2D eigenvalue weighted by Gasteiger charge is 2.23. The Hall–Kier alpha value is -1.55. The van der Waals surface area contributed by atoms with E-state index in [0.29, 0.717) is 5.75 Å². The minimum absolute atomic E-state index is 0.0801. The summed E-state index contributed by atoms with van der Waals surface area (Å²) < 4.78 is 5.83. The molecule has 1 amide bonds. The van der Waals surface area contributed by atoms with Crippen LogP contribution in [0.4, 0.5) is 0 Å². The van der Waals surface area contributed by atoms with E-state index in [1.807, 2.05) is 52.0 Å². The molecule has 0 aliphatic rings. The molecule has 118 valence electrons. The molecule has 2 atom stereocenters. The van der Waals surface area contributed by atoms with Crippen LogP contribution in [0.15, 0.2) is 24.3 Å². The van der Waals surface area contributed by atoms with Gasteiger partial charge in [0.25, 0.3) is 5.91 Å². The highest BCUT2D eigenvalue weighted by atomic mass is 16.5. The zero-order valence-corrected chi connectivity index (χ0v) is 13.8. The summed E-state index contributed by atoms with van der Waals surface area (Å²) in [6.07, 6.45) is 1.13. The summed E-state index contributed by atoms with van der Waals surface area (Å²) in [5, 5.41) is 2.99. The summed E-state index contributed by atoms with van der Waals surface area (Å²) >= 11 is 0. The number of nitrogens with one attached hydrogen (secondary N) is 1. The molecule has 0 aliphatic heterocycles. The second-order valence-electron chi connectivity index (χ2n) is 6.04. The number of rotatable bonds is 7. The zero-order chi connectivity index (χ0) is 16.0. The van der Waals surface area contributed by atoms with Crippen LogP contribution in [0.3, 0.4) is 0 Å². The van der Waals surface area contributed by atoms with Crippen LogP contribution in [0, 0.1) is 0 Å². The van der Waals surface area contributed by atoms with Gasteiger partial charge in [0.05, 0.1) is 0 Å². The maximum Gasteiger partial charge on any atom is 0.261 e. The van der Waals surface area contributed by atoms with Crippen molar-refractivity contribution in [2.45, 2.75) is 65.1 Å². The fraction of sp³-hybridized carbons (Fsp3) is 0.588. The van der Waals surface area contributed by atoms with Crippen molar-refractivity contribution in [1.82, 2.24) is 5.32 Å². The van der Waals surface area contributed by atoms with Crippen molar-refractivity contribution in [2.24, 2.45) is 5.73 Å². The van der Waals surface area contributed by atoms with Crippen LogP contribution < -0.4 is 15.8 Å². The van der Waals surface area contributed by atoms with Gasteiger partial charge in [0.2, 0.25) is 0 Å². The Morgan fingerprint density at radius 1 is 1.33 bits per heavy atom. The Morgan fingerprint density at radius 2 is 1.95 bits per heavy atom. The third-order valence-electron chi connectivity index (χ3n) is 3.78. The molecule has 0 saturated carbocycles. The Bertz CT molecular complexity index is 472. The number of ether oxygens (including phenoxy) is 1. The van der Waals surface area contributed by atoms with Gasteiger partial charge in [-0.05, 0) is 39.7 Å². The van der Waals surface area contributed by atoms with Crippen molar-refractivity contribution in [1.29, 1.82) is 0 Å². The molecule has 0 aromatic heterocycles. The molecule has 1 rings (SSSR count). The van der Waals surface area contributed by atoms with Gasteiger partial charge in [-0.2, -0.15) is 0 Å². The Labute approximate surface area is 128 Å². The molecule has 4 nitrogen and oxygen atoms in total. The van der Waals surface area contributed by atoms with Crippen LogP contribution in [0.1, 0.15) is 59.1 Å². The monoisotopic (exact) mass is 292 g/mol. The van der Waals surface area contributed by atoms with E-state index in [1.165, 1.54) is 0 Å². The first-order valence-electron chi connectivity index (χ1n) is 7.64. The van der Waals surface area contributed by atoms with Gasteiger partial charge in [0.1, 0.15) is 5.75 Å². The fourth-order valence-corrected chi connectivity index (χ4v) is 1.88. The van der Waals surface area contributed by atoms with Gasteiger partial charge in [-0.1, -0.05) is 32.0 Å². The number of carbonyl (C=O) groups excluding carboxylic acids is 1. The average molecular weight is 292 g/mol. The van der Waals surface area contributed by atoms with Crippen molar-refractivity contribution in [2.75, 3.05) is 0 Å². The number of hydrogen-bond donors (Lipinski definition) is 2. The lowest BCUT2D eigenvalue weighted by atomic mass is 10.0. The van der Waals surface area contributed by atoms with E-state index in [1.54, 1.807) is 6.92 Å². The molecule has 3 N–H and O–H groups in total. The van der Waals surface area contributed by atoms with Crippen LogP contribution >= 0.6 is 0 Å². The van der Waals surface area contributed by atoms with Crippen LogP contribution in [0.5, 0.6) is 5.75 Å². The number of benzene rings is 1. The molecule has 1 aromatic rings. The summed E-state index contributed by atoms with van der Waals surface area (Å²) in [5.74, 6) is 0.575. The average Bonchev–Trinajstić information content (AvgIpc) is 2.46. The molecule has 4 heteroatoms. The molecule has 0 saturated heterocycles. The van der Waals surface area contributed by atoms with Crippen molar-refractivity contribution in [3.63, 3.8) is 0 Å². The maximum atomic E-state index is 12.2. The molecule has 0 aliphatic carbocycles. The Kier molecular flexibility index (Phi) is 6.21. The molecule has 0 fully saturated rings. The Balaban J connectivity index is 2.79. The summed E-state index contributed by atoms with van der Waals surface area (Å²) in [4.78, 5) is 12.2. The quantitative estimate of drug-likeness (QED) is 0.811. The van der Waals surface area contributed by atoms with E-state index in [4.69, 9.17) is 10.5 Å². The van der Waals surface area contributed by atoms with Crippen LogP contribution in [0.25, 0.3) is 0 Å². The van der Waals surface area contributed by atoms with Gasteiger partial charge in [-0.25, -0.2) is 0 Å². The Morgan fingerprint density at radius 3 is 2.52 bits per heavy atom. The maximum absolute atomic E-state index is 12.2. The smallest absolute Gasteiger partial charge is 0.261 e. The van der Waals surface area contributed by atoms with Crippen LogP contribution in [-0.2, 0) is 4.79 Å². The molecular weight excluding hydrogens is 264 g/mol. The SMILES string of the molecule is CC[C@H](N)c1ccccc1OC(C)C(=O)NC(C)(C)CC. The minimum Gasteiger partial charge on any atom is -0.481 e. The van der Waals surface area contributed by atoms with Gasteiger partial charge in [-0.15, -0.1) is 0 Å². The van der Waals surface area contributed by atoms with Gasteiger partial charge in [0, 0.05) is 17.1 Å². The first-order valence-corrected chi connectivity index (χ1v) is 7.64. The molecular formula is C17H28N2O2. The number of hydrogen-bond acceptors (Lipinski definition) is 3. The first kappa shape index (κ1) is 17.5. The molecule has 0 bridgehead atoms. The molecule has 0 spiro atoms. The van der Waals surface area contributed by atoms with Gasteiger partial charge in [0.15, 0.2) is 6.10 Å². The van der Waals surface area contributed by atoms with Gasteiger partial charge >= 0.3 is 0 Å². The fourth-order valence-electron chi connectivity index (χ4n) is 1.88. The standard InChI is InChI=1S/C17H28N2O2/c1-6-14(18)13-10-8-9-11-15(13)21-12(3)16(20)19-17(4,5)7-2/h8-12,14H,6-7,18H2,1-5H3,(H,19,20)/t12?,14-/m0/s1. The third-order valence-corrected chi connectivity index (χ3v) is 3.78. The van der Waals surface area contributed by atoms with E-state index in [-0.39, 0.29) is 17.5 Å². The zero-order valence-electron chi connectivity index (χ0n) is 13.8. The molecule has 1 aromatic carbocycles. The van der Waals surface area contributed by atoms with Gasteiger partial charge < -0.3 is 15.8 Å². The molecule has 1 unspecified atom stereocenters. The normalized spacial score (nSPS) is 14.4. The van der Waals surface area contributed by atoms with Crippen molar-refractivity contribution < 1.29 is 9.53 Å². The lowest BCUT2D eigenvalue weighted by Gasteiger charge is -2.27. The van der Waals surface area contributed by atoms with E-state index in [2.05, 4.69) is 5.32 Å². The van der Waals surface area contributed by atoms with Crippen molar-refractivity contribution in [3.05, 3.63) is 29.8 Å². The number of carbonyl (C=O) groups is 1. The second-order valence-corrected chi connectivity index (χ2v) is 6.04. The molecule has 21 heavy (non-hydrogen) atoms. The van der Waals surface area contributed by atoms with Crippen molar-refractivity contribution >= 4 is 5.91 Å². The summed E-state index contributed by atoms with van der Waals surface area (Å²) in [7, 11) is 0. The summed E-state index contributed by atoms with van der Waals surface area (Å²) in [6.45, 7) is 9.83. The summed E-state index contributed by atoms with van der Waals surface area (Å²) in [6, 6.07) is 7.55. The van der Waals surface area contributed by atoms with E-state index < -0.39 is 6.10 Å². The first-order chi connectivity index (χ1) is 9.80. The van der Waals surface area contributed by atoms with Crippen molar-refractivity contribution in [3.8, 4) is 5.75 Å². The van der Waals surface area contributed by atoms with E-state index in [0.717, 1.165) is 18.4 Å². The number of para-hydroxylation sites is 1. The summed E-state index contributed by atoms with van der Waals surface area (Å²) in [5.41, 5.74) is 6.80. The highest BCUT2D eigenvalue weighted by Crippen LogP contribution is 2.26. The lowest BCUT2D eigenvalue weighted by molar-refractivity contribution is -0.129. The molecule has 0 heterocycles. The van der Waals surface area contributed by atoms with Crippen LogP contribution in [0.2, 0.25) is 0 Å². The second kappa shape index (κ2) is 7.46. The van der Waals surface area contributed by atoms with E-state index in [9.17, 15) is 4.79 Å². The van der Waals surface area contributed by atoms with Crippen LogP contribution in [-0.4, -0.2) is 17.6 Å². The third kappa shape index (κ3) is 5.05.